The summed E-state index contributed by atoms with van der Waals surface area (Å²) in [5.74, 6) is 0.597. The fraction of sp³-hybridized carbons (Fsp3) is 0.476. The lowest BCUT2D eigenvalue weighted by Gasteiger charge is -2.25. The molecular formula is C21H28N6. The first kappa shape index (κ1) is 18.1. The van der Waals surface area contributed by atoms with Gasteiger partial charge in [0.15, 0.2) is 5.65 Å². The summed E-state index contributed by atoms with van der Waals surface area (Å²) in [7, 11) is 2.21. The lowest BCUT2D eigenvalue weighted by molar-refractivity contribution is 0.271. The lowest BCUT2D eigenvalue weighted by Crippen LogP contribution is -2.28. The summed E-state index contributed by atoms with van der Waals surface area (Å²) in [5, 5.41) is 9.21. The maximum Gasteiger partial charge on any atom is 0.157 e. The van der Waals surface area contributed by atoms with Gasteiger partial charge in [-0.1, -0.05) is 6.07 Å². The number of pyridine rings is 2. The van der Waals surface area contributed by atoms with Crippen molar-refractivity contribution in [1.29, 1.82) is 0 Å². The highest BCUT2D eigenvalue weighted by atomic mass is 15.3. The van der Waals surface area contributed by atoms with E-state index in [1.165, 1.54) is 17.5 Å². The standard InChI is InChI=1S/C21H28N6/c1-15(2)27-21-19(14-25-27)9-16(11-24-21)10-23-13-18-6-8-26(3)20(18)17-5-4-7-22-12-17/h4-5,7,9,11-12,14-15,18,20,23H,6,8,10,13H2,1-3H3/t18-,20-/m0/s1. The fourth-order valence-corrected chi connectivity index (χ4v) is 4.18. The molecule has 1 aliphatic heterocycles. The van der Waals surface area contributed by atoms with Crippen LogP contribution in [0, 0.1) is 5.92 Å². The second-order valence-electron chi connectivity index (χ2n) is 7.83. The molecule has 0 amide bonds. The van der Waals surface area contributed by atoms with Crippen LogP contribution < -0.4 is 5.32 Å². The molecule has 0 radical (unpaired) electrons. The zero-order valence-electron chi connectivity index (χ0n) is 16.3. The molecular weight excluding hydrogens is 336 g/mol. The van der Waals surface area contributed by atoms with Gasteiger partial charge in [-0.3, -0.25) is 9.88 Å². The summed E-state index contributed by atoms with van der Waals surface area (Å²) in [6, 6.07) is 7.18. The highest BCUT2D eigenvalue weighted by Gasteiger charge is 2.32. The number of fused-ring (bicyclic) bond motifs is 1. The molecule has 1 saturated heterocycles. The van der Waals surface area contributed by atoms with Crippen LogP contribution in [-0.4, -0.2) is 44.8 Å². The Hall–Kier alpha value is -2.31. The van der Waals surface area contributed by atoms with Crippen molar-refractivity contribution >= 4 is 11.0 Å². The van der Waals surface area contributed by atoms with Gasteiger partial charge in [0.05, 0.1) is 6.20 Å². The first-order valence-electron chi connectivity index (χ1n) is 9.76. The molecule has 4 heterocycles. The Balaban J connectivity index is 1.40. The third kappa shape index (κ3) is 3.73. The Morgan fingerprint density at radius 3 is 2.93 bits per heavy atom. The number of nitrogens with zero attached hydrogens (tertiary/aromatic N) is 5. The number of hydrogen-bond donors (Lipinski definition) is 1. The molecule has 0 aliphatic carbocycles. The molecule has 4 rings (SSSR count). The van der Waals surface area contributed by atoms with Crippen molar-refractivity contribution < 1.29 is 0 Å². The first-order chi connectivity index (χ1) is 13.1. The molecule has 2 atom stereocenters. The molecule has 1 N–H and O–H groups in total. The third-order valence-electron chi connectivity index (χ3n) is 5.51. The number of rotatable bonds is 6. The number of hydrogen-bond acceptors (Lipinski definition) is 5. The van der Waals surface area contributed by atoms with Crippen molar-refractivity contribution in [3.05, 3.63) is 54.1 Å². The average molecular weight is 364 g/mol. The van der Waals surface area contributed by atoms with Crippen molar-refractivity contribution in [2.45, 2.75) is 38.9 Å². The Morgan fingerprint density at radius 1 is 1.26 bits per heavy atom. The lowest BCUT2D eigenvalue weighted by atomic mass is 9.94. The highest BCUT2D eigenvalue weighted by molar-refractivity contribution is 5.75. The Morgan fingerprint density at radius 2 is 2.15 bits per heavy atom. The van der Waals surface area contributed by atoms with Crippen LogP contribution in [0.3, 0.4) is 0 Å². The maximum atomic E-state index is 4.63. The average Bonchev–Trinajstić information content (AvgIpc) is 3.26. The molecule has 27 heavy (non-hydrogen) atoms. The monoisotopic (exact) mass is 364 g/mol. The van der Waals surface area contributed by atoms with Crippen molar-refractivity contribution in [2.75, 3.05) is 20.1 Å². The summed E-state index contributed by atoms with van der Waals surface area (Å²) in [6.07, 6.45) is 8.94. The Bertz CT molecular complexity index is 888. The molecule has 0 aromatic carbocycles. The smallest absolute Gasteiger partial charge is 0.157 e. The number of nitrogens with one attached hydrogen (secondary N) is 1. The van der Waals surface area contributed by atoms with Gasteiger partial charge >= 0.3 is 0 Å². The Labute approximate surface area is 160 Å². The summed E-state index contributed by atoms with van der Waals surface area (Å²) in [6.45, 7) is 7.21. The van der Waals surface area contributed by atoms with E-state index in [1.54, 1.807) is 0 Å². The summed E-state index contributed by atoms with van der Waals surface area (Å²) >= 11 is 0. The van der Waals surface area contributed by atoms with E-state index >= 15 is 0 Å². The molecule has 0 bridgehead atoms. The molecule has 0 saturated carbocycles. The predicted octanol–water partition coefficient (Wildman–Crippen LogP) is 3.19. The van der Waals surface area contributed by atoms with Crippen LogP contribution in [0.5, 0.6) is 0 Å². The third-order valence-corrected chi connectivity index (χ3v) is 5.51. The zero-order chi connectivity index (χ0) is 18.8. The van der Waals surface area contributed by atoms with Crippen LogP contribution >= 0.6 is 0 Å². The van der Waals surface area contributed by atoms with Gasteiger partial charge in [0, 0.05) is 49.1 Å². The molecule has 6 heteroatoms. The van der Waals surface area contributed by atoms with Crippen molar-refractivity contribution in [3.8, 4) is 0 Å². The minimum absolute atomic E-state index is 0.322. The molecule has 3 aromatic rings. The maximum absolute atomic E-state index is 4.63. The van der Waals surface area contributed by atoms with Crippen LogP contribution in [0.4, 0.5) is 0 Å². The second kappa shape index (κ2) is 7.74. The van der Waals surface area contributed by atoms with Gasteiger partial charge in [-0.15, -0.1) is 0 Å². The van der Waals surface area contributed by atoms with Crippen LogP contribution in [0.25, 0.3) is 11.0 Å². The molecule has 1 aliphatic rings. The van der Waals surface area contributed by atoms with E-state index in [2.05, 4.69) is 58.3 Å². The van der Waals surface area contributed by atoms with Crippen LogP contribution in [-0.2, 0) is 6.54 Å². The van der Waals surface area contributed by atoms with Crippen molar-refractivity contribution in [2.24, 2.45) is 5.92 Å². The quantitative estimate of drug-likeness (QED) is 0.728. The molecule has 6 nitrogen and oxygen atoms in total. The number of aromatic nitrogens is 4. The minimum Gasteiger partial charge on any atom is -0.312 e. The summed E-state index contributed by atoms with van der Waals surface area (Å²) in [5.41, 5.74) is 3.48. The minimum atomic E-state index is 0.322. The molecule has 0 spiro atoms. The van der Waals surface area contributed by atoms with E-state index in [1.807, 2.05) is 35.5 Å². The fourth-order valence-electron chi connectivity index (χ4n) is 4.18. The first-order valence-corrected chi connectivity index (χ1v) is 9.76. The normalized spacial score (nSPS) is 20.7. The molecule has 1 fully saturated rings. The van der Waals surface area contributed by atoms with E-state index in [4.69, 9.17) is 0 Å². The van der Waals surface area contributed by atoms with Gasteiger partial charge in [-0.05, 0) is 63.0 Å². The van der Waals surface area contributed by atoms with Gasteiger partial charge in [0.2, 0.25) is 0 Å². The Kier molecular flexibility index (Phi) is 5.18. The molecule has 3 aromatic heterocycles. The summed E-state index contributed by atoms with van der Waals surface area (Å²) < 4.78 is 1.97. The van der Waals surface area contributed by atoms with Gasteiger partial charge in [-0.2, -0.15) is 5.10 Å². The predicted molar refractivity (Wildman–Crippen MR) is 107 cm³/mol. The van der Waals surface area contributed by atoms with Gasteiger partial charge in [0.1, 0.15) is 0 Å². The zero-order valence-corrected chi connectivity index (χ0v) is 16.3. The van der Waals surface area contributed by atoms with E-state index in [-0.39, 0.29) is 0 Å². The largest absolute Gasteiger partial charge is 0.312 e. The number of likely N-dealkylation sites (tertiary alicyclic amines) is 1. The SMILES string of the molecule is CC(C)n1ncc2cc(CNC[C@@H]3CCN(C)[C@H]3c3cccnc3)cnc21. The summed E-state index contributed by atoms with van der Waals surface area (Å²) in [4.78, 5) is 11.4. The van der Waals surface area contributed by atoms with E-state index < -0.39 is 0 Å². The van der Waals surface area contributed by atoms with Crippen molar-refractivity contribution in [3.63, 3.8) is 0 Å². The van der Waals surface area contributed by atoms with Crippen molar-refractivity contribution in [1.82, 2.24) is 30.0 Å². The van der Waals surface area contributed by atoms with Gasteiger partial charge in [0.25, 0.3) is 0 Å². The van der Waals surface area contributed by atoms with E-state index in [9.17, 15) is 0 Å². The second-order valence-corrected chi connectivity index (χ2v) is 7.83. The molecule has 0 unspecified atom stereocenters. The van der Waals surface area contributed by atoms with Gasteiger partial charge in [-0.25, -0.2) is 9.67 Å². The van der Waals surface area contributed by atoms with E-state index in [0.717, 1.165) is 30.7 Å². The van der Waals surface area contributed by atoms with Crippen LogP contribution in [0.2, 0.25) is 0 Å². The highest BCUT2D eigenvalue weighted by Crippen LogP contribution is 2.35. The topological polar surface area (TPSA) is 58.9 Å². The van der Waals surface area contributed by atoms with Crippen LogP contribution in [0.1, 0.15) is 43.5 Å². The van der Waals surface area contributed by atoms with E-state index in [0.29, 0.717) is 18.0 Å². The van der Waals surface area contributed by atoms with Crippen LogP contribution in [0.15, 0.2) is 43.0 Å². The molecule has 142 valence electrons. The van der Waals surface area contributed by atoms with Gasteiger partial charge < -0.3 is 5.32 Å².